The number of carboxylic acid groups (broad SMARTS) is 1. The van der Waals surface area contributed by atoms with Gasteiger partial charge in [0.05, 0.1) is 18.4 Å². The Labute approximate surface area is 108 Å². The number of aliphatic carboxylic acids is 1. The van der Waals surface area contributed by atoms with Gasteiger partial charge in [-0.2, -0.15) is 0 Å². The van der Waals surface area contributed by atoms with Gasteiger partial charge in [-0.15, -0.1) is 0 Å². The normalized spacial score (nSPS) is 10.9. The molecule has 0 aromatic heterocycles. The molecule has 0 fully saturated rings. The second-order valence-electron chi connectivity index (χ2n) is 3.66. The Morgan fingerprint density at radius 2 is 1.83 bits per heavy atom. The van der Waals surface area contributed by atoms with Gasteiger partial charge in [0.15, 0.2) is 0 Å². The fraction of sp³-hybridized carbons (Fsp3) is 0.750. The fourth-order valence-electron chi connectivity index (χ4n) is 0.879. The molecule has 0 aromatic carbocycles. The molecular weight excluding hydrogens is 240 g/mol. The third-order valence-corrected chi connectivity index (χ3v) is 2.05. The number of hydrogen-bond acceptors (Lipinski definition) is 5. The molecule has 0 amide bonds. The van der Waals surface area contributed by atoms with E-state index in [1.54, 1.807) is 6.92 Å². The van der Waals surface area contributed by atoms with Crippen molar-refractivity contribution in [1.82, 2.24) is 0 Å². The van der Waals surface area contributed by atoms with Gasteiger partial charge in [0, 0.05) is 25.7 Å². The zero-order valence-corrected chi connectivity index (χ0v) is 11.0. The minimum atomic E-state index is -0.941. The van der Waals surface area contributed by atoms with E-state index >= 15 is 0 Å². The summed E-state index contributed by atoms with van der Waals surface area (Å²) < 4.78 is 4.71. The van der Waals surface area contributed by atoms with Gasteiger partial charge in [0.25, 0.3) is 0 Å². The third-order valence-electron chi connectivity index (χ3n) is 2.05. The molecule has 4 N–H and O–H groups in total. The average Bonchev–Trinajstić information content (AvgIpc) is 2.38. The number of rotatable bonds is 8. The van der Waals surface area contributed by atoms with Gasteiger partial charge in [-0.1, -0.05) is 0 Å². The van der Waals surface area contributed by atoms with Crippen molar-refractivity contribution in [2.75, 3.05) is 26.4 Å². The molecule has 108 valence electrons. The van der Waals surface area contributed by atoms with Crippen LogP contribution in [0.3, 0.4) is 0 Å². The van der Waals surface area contributed by atoms with Crippen molar-refractivity contribution in [1.29, 1.82) is 0 Å². The molecule has 0 saturated heterocycles. The van der Waals surface area contributed by atoms with E-state index in [2.05, 4.69) is 0 Å². The SMILES string of the molecule is CCOC=C(C)C(=O)O.OCCCC(CO)CO. The first-order valence-corrected chi connectivity index (χ1v) is 5.87. The summed E-state index contributed by atoms with van der Waals surface area (Å²) in [6.07, 6.45) is 2.59. The van der Waals surface area contributed by atoms with Crippen LogP contribution in [0.2, 0.25) is 0 Å². The molecule has 0 spiro atoms. The highest BCUT2D eigenvalue weighted by Gasteiger charge is 2.03. The van der Waals surface area contributed by atoms with Gasteiger partial charge in [0.1, 0.15) is 0 Å². The Morgan fingerprint density at radius 1 is 1.28 bits per heavy atom. The summed E-state index contributed by atoms with van der Waals surface area (Å²) in [6.45, 7) is 3.94. The lowest BCUT2D eigenvalue weighted by molar-refractivity contribution is -0.132. The number of ether oxygens (including phenoxy) is 1. The lowest BCUT2D eigenvalue weighted by atomic mass is 10.1. The standard InChI is InChI=1S/C6H10O3.C6H14O3/c1-3-9-4-5(2)6(7)8;7-3-1-2-6(4-8)5-9/h4H,3H2,1-2H3,(H,7,8);6-9H,1-5H2. The zero-order valence-electron chi connectivity index (χ0n) is 11.0. The molecule has 0 aliphatic carbocycles. The van der Waals surface area contributed by atoms with Crippen LogP contribution in [0.5, 0.6) is 0 Å². The molecule has 0 saturated carbocycles. The lowest BCUT2D eigenvalue weighted by Gasteiger charge is -2.07. The van der Waals surface area contributed by atoms with Crippen LogP contribution in [0.15, 0.2) is 11.8 Å². The minimum Gasteiger partial charge on any atom is -0.501 e. The van der Waals surface area contributed by atoms with E-state index in [1.165, 1.54) is 13.2 Å². The first kappa shape index (κ1) is 19.2. The van der Waals surface area contributed by atoms with Gasteiger partial charge >= 0.3 is 5.97 Å². The first-order chi connectivity index (χ1) is 8.53. The van der Waals surface area contributed by atoms with Crippen LogP contribution >= 0.6 is 0 Å². The van der Waals surface area contributed by atoms with E-state index in [4.69, 9.17) is 25.2 Å². The monoisotopic (exact) mass is 264 g/mol. The van der Waals surface area contributed by atoms with Crippen LogP contribution in [0.1, 0.15) is 26.7 Å². The van der Waals surface area contributed by atoms with E-state index in [1.807, 2.05) is 0 Å². The van der Waals surface area contributed by atoms with Crippen LogP contribution in [-0.2, 0) is 9.53 Å². The van der Waals surface area contributed by atoms with Crippen molar-refractivity contribution >= 4 is 5.97 Å². The van der Waals surface area contributed by atoms with E-state index in [0.717, 1.165) is 0 Å². The molecule has 0 radical (unpaired) electrons. The minimum absolute atomic E-state index is 0.0104. The summed E-state index contributed by atoms with van der Waals surface area (Å²) in [7, 11) is 0. The Balaban J connectivity index is 0. The average molecular weight is 264 g/mol. The van der Waals surface area contributed by atoms with Crippen molar-refractivity contribution in [3.8, 4) is 0 Å². The largest absolute Gasteiger partial charge is 0.501 e. The maximum atomic E-state index is 10.1. The van der Waals surface area contributed by atoms with Gasteiger partial charge < -0.3 is 25.2 Å². The molecule has 0 heterocycles. The molecule has 6 heteroatoms. The number of carboxylic acids is 1. The summed E-state index contributed by atoms with van der Waals surface area (Å²) in [5.74, 6) is -0.986. The lowest BCUT2D eigenvalue weighted by Crippen LogP contribution is -2.11. The maximum Gasteiger partial charge on any atom is 0.334 e. The van der Waals surface area contributed by atoms with E-state index < -0.39 is 5.97 Å². The number of aliphatic hydroxyl groups is 3. The summed E-state index contributed by atoms with van der Waals surface area (Å²) in [6, 6.07) is 0. The fourth-order valence-corrected chi connectivity index (χ4v) is 0.879. The molecule has 0 unspecified atom stereocenters. The van der Waals surface area contributed by atoms with Gasteiger partial charge in [-0.05, 0) is 26.7 Å². The van der Waals surface area contributed by atoms with Crippen molar-refractivity contribution in [3.05, 3.63) is 11.8 Å². The van der Waals surface area contributed by atoms with Crippen molar-refractivity contribution in [2.45, 2.75) is 26.7 Å². The smallest absolute Gasteiger partial charge is 0.334 e. The highest BCUT2D eigenvalue weighted by atomic mass is 16.5. The summed E-state index contributed by atoms with van der Waals surface area (Å²) >= 11 is 0. The third kappa shape index (κ3) is 13.0. The zero-order chi connectivity index (χ0) is 14.4. The van der Waals surface area contributed by atoms with Crippen LogP contribution in [-0.4, -0.2) is 52.8 Å². The van der Waals surface area contributed by atoms with Crippen molar-refractivity contribution in [2.24, 2.45) is 5.92 Å². The second-order valence-corrected chi connectivity index (χ2v) is 3.66. The van der Waals surface area contributed by atoms with Crippen molar-refractivity contribution < 1.29 is 30.0 Å². The van der Waals surface area contributed by atoms with Crippen LogP contribution in [0.4, 0.5) is 0 Å². The molecule has 0 bridgehead atoms. The van der Waals surface area contributed by atoms with E-state index in [-0.39, 0.29) is 31.3 Å². The Hall–Kier alpha value is -1.11. The second kappa shape index (κ2) is 14.0. The summed E-state index contributed by atoms with van der Waals surface area (Å²) in [5.41, 5.74) is 0.219. The van der Waals surface area contributed by atoms with E-state index in [9.17, 15) is 4.79 Å². The molecule has 0 aromatic rings. The number of aliphatic hydroxyl groups excluding tert-OH is 3. The molecule has 18 heavy (non-hydrogen) atoms. The van der Waals surface area contributed by atoms with E-state index in [0.29, 0.717) is 19.4 Å². The molecule has 0 rings (SSSR count). The summed E-state index contributed by atoms with van der Waals surface area (Å²) in [5, 5.41) is 33.6. The Bertz CT molecular complexity index is 223. The Kier molecular flexibility index (Phi) is 14.9. The Morgan fingerprint density at radius 3 is 2.17 bits per heavy atom. The molecule has 0 aliphatic rings. The van der Waals surface area contributed by atoms with Gasteiger partial charge in [-0.25, -0.2) is 4.79 Å². The topological polar surface area (TPSA) is 107 Å². The molecular formula is C12H24O6. The quantitative estimate of drug-likeness (QED) is 0.373. The molecule has 0 atom stereocenters. The number of hydrogen-bond donors (Lipinski definition) is 4. The maximum absolute atomic E-state index is 10.1. The molecule has 6 nitrogen and oxygen atoms in total. The van der Waals surface area contributed by atoms with Crippen LogP contribution in [0, 0.1) is 5.92 Å². The van der Waals surface area contributed by atoms with Crippen LogP contribution < -0.4 is 0 Å². The predicted octanol–water partition coefficient (Wildman–Crippen LogP) is 0.371. The summed E-state index contributed by atoms with van der Waals surface area (Å²) in [4.78, 5) is 10.1. The van der Waals surface area contributed by atoms with Crippen molar-refractivity contribution in [3.63, 3.8) is 0 Å². The van der Waals surface area contributed by atoms with Gasteiger partial charge in [-0.3, -0.25) is 0 Å². The van der Waals surface area contributed by atoms with Crippen LogP contribution in [0.25, 0.3) is 0 Å². The van der Waals surface area contributed by atoms with Gasteiger partial charge in [0.2, 0.25) is 0 Å². The highest BCUT2D eigenvalue weighted by Crippen LogP contribution is 2.02. The first-order valence-electron chi connectivity index (χ1n) is 5.87. The number of carbonyl (C=O) groups is 1. The highest BCUT2D eigenvalue weighted by molar-refractivity contribution is 5.85. The predicted molar refractivity (Wildman–Crippen MR) is 67.0 cm³/mol. The molecule has 0 aliphatic heterocycles.